The van der Waals surface area contributed by atoms with Gasteiger partial charge in [-0.2, -0.15) is 0 Å². The van der Waals surface area contributed by atoms with Crippen LogP contribution in [0.5, 0.6) is 0 Å². The van der Waals surface area contributed by atoms with Gasteiger partial charge in [0.1, 0.15) is 0 Å². The molecule has 2 aromatic rings. The molecular weight excluding hydrogens is 390 g/mol. The molecule has 0 bridgehead atoms. The van der Waals surface area contributed by atoms with Crippen LogP contribution in [0.1, 0.15) is 33.5 Å². The number of benzene rings is 2. The number of nitrogens with zero attached hydrogens (tertiary/aromatic N) is 3. The van der Waals surface area contributed by atoms with Gasteiger partial charge in [-0.25, -0.2) is 0 Å². The van der Waals surface area contributed by atoms with Crippen LogP contribution in [0.15, 0.2) is 41.4 Å². The third-order valence-corrected chi connectivity index (χ3v) is 5.12. The highest BCUT2D eigenvalue weighted by atomic mass is 79.9. The van der Waals surface area contributed by atoms with Gasteiger partial charge in [-0.05, 0) is 50.5 Å². The first-order valence-electron chi connectivity index (χ1n) is 8.85. The molecular formula is C21H24BrN3O. The fraction of sp³-hybridized carbons (Fsp3) is 0.333. The van der Waals surface area contributed by atoms with Crippen molar-refractivity contribution in [3.05, 3.63) is 58.7 Å². The van der Waals surface area contributed by atoms with E-state index in [1.165, 1.54) is 16.8 Å². The van der Waals surface area contributed by atoms with Crippen LogP contribution >= 0.6 is 17.0 Å². The van der Waals surface area contributed by atoms with Crippen LogP contribution in [0.2, 0.25) is 0 Å². The van der Waals surface area contributed by atoms with Crippen molar-refractivity contribution >= 4 is 40.1 Å². The van der Waals surface area contributed by atoms with Gasteiger partial charge in [0.25, 0.3) is 0 Å². The minimum atomic E-state index is 0. The normalized spacial score (nSPS) is 15.1. The Labute approximate surface area is 165 Å². The minimum Gasteiger partial charge on any atom is -0.310 e. The summed E-state index contributed by atoms with van der Waals surface area (Å²) in [6.07, 6.45) is 1.05. The summed E-state index contributed by atoms with van der Waals surface area (Å²) < 4.78 is 0. The number of anilines is 2. The van der Waals surface area contributed by atoms with Gasteiger partial charge < -0.3 is 9.80 Å². The van der Waals surface area contributed by atoms with E-state index in [2.05, 4.69) is 35.8 Å². The SMILES string of the molecule is Br.Cc1ccc(C(=O)CN2C3=NCCCN3c3cc(C)c(C)cc32)cc1. The van der Waals surface area contributed by atoms with E-state index >= 15 is 0 Å². The summed E-state index contributed by atoms with van der Waals surface area (Å²) >= 11 is 0. The number of carbonyl (C=O) groups excluding carboxylic acids is 1. The Bertz CT molecular complexity index is 874. The van der Waals surface area contributed by atoms with Crippen molar-refractivity contribution in [2.75, 3.05) is 29.4 Å². The first-order chi connectivity index (χ1) is 12.0. The van der Waals surface area contributed by atoms with Crippen molar-refractivity contribution in [3.63, 3.8) is 0 Å². The van der Waals surface area contributed by atoms with Crippen LogP contribution in [0.4, 0.5) is 11.4 Å². The van der Waals surface area contributed by atoms with Gasteiger partial charge in [-0.3, -0.25) is 9.79 Å². The second-order valence-electron chi connectivity index (χ2n) is 6.99. The number of hydrogen-bond acceptors (Lipinski definition) is 4. The third kappa shape index (κ3) is 3.16. The Kier molecular flexibility index (Phi) is 5.19. The van der Waals surface area contributed by atoms with Crippen molar-refractivity contribution < 1.29 is 4.79 Å². The van der Waals surface area contributed by atoms with Crippen LogP contribution in [-0.2, 0) is 0 Å². The quantitative estimate of drug-likeness (QED) is 0.696. The highest BCUT2D eigenvalue weighted by Gasteiger charge is 2.35. The lowest BCUT2D eigenvalue weighted by atomic mass is 10.1. The van der Waals surface area contributed by atoms with Gasteiger partial charge in [0.2, 0.25) is 5.96 Å². The minimum absolute atomic E-state index is 0. The van der Waals surface area contributed by atoms with Gasteiger partial charge >= 0.3 is 0 Å². The molecule has 0 radical (unpaired) electrons. The number of aryl methyl sites for hydroxylation is 3. The molecule has 0 atom stereocenters. The average Bonchev–Trinajstić information content (AvgIpc) is 2.89. The first-order valence-corrected chi connectivity index (χ1v) is 8.85. The molecule has 0 aliphatic carbocycles. The zero-order valence-electron chi connectivity index (χ0n) is 15.5. The number of halogens is 1. The fourth-order valence-electron chi connectivity index (χ4n) is 3.51. The summed E-state index contributed by atoms with van der Waals surface area (Å²) in [5.74, 6) is 1.05. The Morgan fingerprint density at radius 2 is 1.69 bits per heavy atom. The highest BCUT2D eigenvalue weighted by Crippen LogP contribution is 2.40. The lowest BCUT2D eigenvalue weighted by molar-refractivity contribution is 0.100. The van der Waals surface area contributed by atoms with Crippen LogP contribution in [-0.4, -0.2) is 31.4 Å². The largest absolute Gasteiger partial charge is 0.310 e. The topological polar surface area (TPSA) is 35.9 Å². The van der Waals surface area contributed by atoms with Gasteiger partial charge in [0.05, 0.1) is 17.9 Å². The molecule has 2 aliphatic rings. The molecule has 2 aliphatic heterocycles. The molecule has 2 heterocycles. The molecule has 0 spiro atoms. The van der Waals surface area contributed by atoms with Crippen molar-refractivity contribution in [1.82, 2.24) is 0 Å². The van der Waals surface area contributed by atoms with E-state index < -0.39 is 0 Å². The lowest BCUT2D eigenvalue weighted by Gasteiger charge is -2.26. The molecule has 4 nitrogen and oxygen atoms in total. The zero-order valence-corrected chi connectivity index (χ0v) is 17.2. The van der Waals surface area contributed by atoms with Crippen LogP contribution in [0.25, 0.3) is 0 Å². The summed E-state index contributed by atoms with van der Waals surface area (Å²) in [5.41, 5.74) is 6.72. The molecule has 0 saturated heterocycles. The summed E-state index contributed by atoms with van der Waals surface area (Å²) in [5, 5.41) is 0. The molecule has 0 fully saturated rings. The Balaban J connectivity index is 0.00000196. The lowest BCUT2D eigenvalue weighted by Crippen LogP contribution is -2.43. The van der Waals surface area contributed by atoms with Crippen molar-refractivity contribution in [3.8, 4) is 0 Å². The number of aliphatic imine (C=N–C) groups is 1. The molecule has 0 N–H and O–H groups in total. The van der Waals surface area contributed by atoms with Gasteiger partial charge in [-0.1, -0.05) is 29.8 Å². The molecule has 0 saturated carbocycles. The molecule has 0 unspecified atom stereocenters. The number of ketones is 1. The number of carbonyl (C=O) groups is 1. The zero-order chi connectivity index (χ0) is 17.6. The summed E-state index contributed by atoms with van der Waals surface area (Å²) in [7, 11) is 0. The van der Waals surface area contributed by atoms with E-state index in [1.807, 2.05) is 31.2 Å². The average molecular weight is 414 g/mol. The molecule has 0 amide bonds. The van der Waals surface area contributed by atoms with E-state index in [0.717, 1.165) is 42.3 Å². The predicted octanol–water partition coefficient (Wildman–Crippen LogP) is 4.46. The highest BCUT2D eigenvalue weighted by molar-refractivity contribution is 8.93. The van der Waals surface area contributed by atoms with Gasteiger partial charge in [0, 0.05) is 18.7 Å². The maximum Gasteiger partial charge on any atom is 0.206 e. The van der Waals surface area contributed by atoms with Crippen molar-refractivity contribution in [2.45, 2.75) is 27.2 Å². The van der Waals surface area contributed by atoms with Crippen LogP contribution < -0.4 is 9.80 Å². The fourth-order valence-corrected chi connectivity index (χ4v) is 3.51. The maximum absolute atomic E-state index is 12.8. The molecule has 5 heteroatoms. The van der Waals surface area contributed by atoms with Gasteiger partial charge in [-0.15, -0.1) is 17.0 Å². The molecule has 136 valence electrons. The van der Waals surface area contributed by atoms with E-state index in [0.29, 0.717) is 6.54 Å². The number of fused-ring (bicyclic) bond motifs is 3. The van der Waals surface area contributed by atoms with Gasteiger partial charge in [0.15, 0.2) is 5.78 Å². The maximum atomic E-state index is 12.8. The van der Waals surface area contributed by atoms with Crippen molar-refractivity contribution in [1.29, 1.82) is 0 Å². The predicted molar refractivity (Wildman–Crippen MR) is 113 cm³/mol. The number of hydrogen-bond donors (Lipinski definition) is 0. The molecule has 0 aromatic heterocycles. The van der Waals surface area contributed by atoms with Crippen LogP contribution in [0, 0.1) is 20.8 Å². The molecule has 2 aromatic carbocycles. The van der Waals surface area contributed by atoms with Crippen molar-refractivity contribution in [2.24, 2.45) is 4.99 Å². The molecule has 26 heavy (non-hydrogen) atoms. The Morgan fingerprint density at radius 1 is 1.04 bits per heavy atom. The number of Topliss-reactive ketones (excluding diaryl/α,β-unsaturated/α-hetero) is 1. The van der Waals surface area contributed by atoms with E-state index in [1.54, 1.807) is 0 Å². The summed E-state index contributed by atoms with van der Waals surface area (Å²) in [6, 6.07) is 12.2. The first kappa shape index (κ1) is 18.6. The van der Waals surface area contributed by atoms with E-state index in [-0.39, 0.29) is 22.8 Å². The second kappa shape index (κ2) is 7.23. The Morgan fingerprint density at radius 3 is 2.38 bits per heavy atom. The third-order valence-electron chi connectivity index (χ3n) is 5.12. The molecule has 4 rings (SSSR count). The standard InChI is InChI=1S/C21H23N3O.BrH/c1-14-5-7-17(8-6-14)20(25)13-24-19-12-16(3)15(2)11-18(19)23-10-4-9-22-21(23)24;/h5-8,11-12H,4,9-10,13H2,1-3H3;1H. The summed E-state index contributed by atoms with van der Waals surface area (Å²) in [6.45, 7) is 8.40. The van der Waals surface area contributed by atoms with E-state index in [4.69, 9.17) is 4.99 Å². The number of rotatable bonds is 3. The summed E-state index contributed by atoms with van der Waals surface area (Å²) in [4.78, 5) is 21.9. The Hall–Kier alpha value is -2.14. The second-order valence-corrected chi connectivity index (χ2v) is 6.99. The van der Waals surface area contributed by atoms with Crippen LogP contribution in [0.3, 0.4) is 0 Å². The smallest absolute Gasteiger partial charge is 0.206 e. The number of guanidine groups is 1. The van der Waals surface area contributed by atoms with E-state index in [9.17, 15) is 4.79 Å². The monoisotopic (exact) mass is 413 g/mol.